The van der Waals surface area contributed by atoms with Gasteiger partial charge in [-0.25, -0.2) is 0 Å². The second kappa shape index (κ2) is 15.6. The predicted molar refractivity (Wildman–Crippen MR) is 95.3 cm³/mol. The van der Waals surface area contributed by atoms with Gasteiger partial charge in [0.2, 0.25) is 0 Å². The molecule has 0 nitrogen and oxygen atoms in total. The molecule has 0 spiro atoms. The molecule has 21 heavy (non-hydrogen) atoms. The average molecular weight is 288 g/mol. The molecule has 1 aliphatic carbocycles. The Morgan fingerprint density at radius 1 is 0.476 bits per heavy atom. The summed E-state index contributed by atoms with van der Waals surface area (Å²) in [4.78, 5) is 0. The Balaban J connectivity index is 2.17. The number of hydrogen-bond donors (Lipinski definition) is 0. The van der Waals surface area contributed by atoms with E-state index in [9.17, 15) is 0 Å². The summed E-state index contributed by atoms with van der Waals surface area (Å²) in [5.41, 5.74) is 0. The highest BCUT2D eigenvalue weighted by atomic mass is 14.0. The Kier molecular flexibility index (Phi) is 13.6. The zero-order valence-corrected chi connectivity index (χ0v) is 14.0. The van der Waals surface area contributed by atoms with E-state index < -0.39 is 0 Å². The monoisotopic (exact) mass is 287 g/mol. The normalized spacial score (nSPS) is 26.3. The van der Waals surface area contributed by atoms with Gasteiger partial charge in [-0.3, -0.25) is 0 Å². The van der Waals surface area contributed by atoms with Crippen LogP contribution in [0.15, 0.2) is 30.4 Å². The minimum Gasteiger partial charge on any atom is -0.0845 e. The van der Waals surface area contributed by atoms with Crippen molar-refractivity contribution >= 4 is 0 Å². The number of allylic oxidation sites excluding steroid dienone is 6. The van der Waals surface area contributed by atoms with Crippen molar-refractivity contribution in [3.8, 4) is 0 Å². The first-order chi connectivity index (χ1) is 10.5. The number of rotatable bonds is 0. The highest BCUT2D eigenvalue weighted by Crippen LogP contribution is 2.13. The number of hydrogen-bond acceptors (Lipinski definition) is 0. The Morgan fingerprint density at radius 3 is 1.62 bits per heavy atom. The fourth-order valence-corrected chi connectivity index (χ4v) is 2.88. The molecule has 1 radical (unpaired) electrons. The zero-order valence-electron chi connectivity index (χ0n) is 14.0. The molecule has 119 valence electrons. The third kappa shape index (κ3) is 13.9. The van der Waals surface area contributed by atoms with E-state index in [-0.39, 0.29) is 0 Å². The smallest absolute Gasteiger partial charge is 0.0276 e. The van der Waals surface area contributed by atoms with E-state index in [4.69, 9.17) is 0 Å². The maximum absolute atomic E-state index is 3.37. The standard InChI is InChI=1S/C21H35/c1-2-4-6-8-10-12-14-16-18-20-21-19-17-15-13-11-9-7-5-3-1/h1-5H,6,8-21H2/b3-1+,4-2-,7-5?. The molecular weight excluding hydrogens is 252 g/mol. The lowest BCUT2D eigenvalue weighted by atomic mass is 10.0. The molecule has 0 aromatic heterocycles. The van der Waals surface area contributed by atoms with Crippen molar-refractivity contribution in [2.24, 2.45) is 0 Å². The van der Waals surface area contributed by atoms with Crippen LogP contribution in [0.1, 0.15) is 96.3 Å². The summed E-state index contributed by atoms with van der Waals surface area (Å²) in [7, 11) is 0. The van der Waals surface area contributed by atoms with E-state index in [1.165, 1.54) is 89.9 Å². The Morgan fingerprint density at radius 2 is 1.00 bits per heavy atom. The highest BCUT2D eigenvalue weighted by Gasteiger charge is 1.94. The molecule has 0 fully saturated rings. The zero-order chi connectivity index (χ0) is 14.8. The second-order valence-corrected chi connectivity index (χ2v) is 6.32. The van der Waals surface area contributed by atoms with Crippen LogP contribution in [0.3, 0.4) is 0 Å². The van der Waals surface area contributed by atoms with E-state index in [0.29, 0.717) is 0 Å². The summed E-state index contributed by atoms with van der Waals surface area (Å²) in [5, 5.41) is 0. The van der Waals surface area contributed by atoms with Crippen LogP contribution in [0.4, 0.5) is 0 Å². The van der Waals surface area contributed by atoms with Crippen LogP contribution in [0, 0.1) is 6.08 Å². The first kappa shape index (κ1) is 18.3. The lowest BCUT2D eigenvalue weighted by molar-refractivity contribution is 0.537. The third-order valence-corrected chi connectivity index (χ3v) is 4.26. The van der Waals surface area contributed by atoms with Crippen LogP contribution < -0.4 is 0 Å². The maximum atomic E-state index is 3.37. The van der Waals surface area contributed by atoms with Gasteiger partial charge >= 0.3 is 0 Å². The van der Waals surface area contributed by atoms with Gasteiger partial charge in [0.25, 0.3) is 0 Å². The van der Waals surface area contributed by atoms with Gasteiger partial charge in [-0.1, -0.05) is 101 Å². The minimum absolute atomic E-state index is 1.12. The predicted octanol–water partition coefficient (Wildman–Crippen LogP) is 7.32. The topological polar surface area (TPSA) is 0 Å². The van der Waals surface area contributed by atoms with Gasteiger partial charge < -0.3 is 0 Å². The molecule has 0 saturated carbocycles. The van der Waals surface area contributed by atoms with Crippen molar-refractivity contribution in [2.75, 3.05) is 0 Å². The van der Waals surface area contributed by atoms with Crippen LogP contribution in [-0.2, 0) is 0 Å². The Hall–Kier alpha value is -0.780. The van der Waals surface area contributed by atoms with Crippen LogP contribution in [0.5, 0.6) is 0 Å². The van der Waals surface area contributed by atoms with Gasteiger partial charge in [-0.05, 0) is 31.8 Å². The molecule has 0 atom stereocenters. The highest BCUT2D eigenvalue weighted by molar-refractivity contribution is 5.09. The quantitative estimate of drug-likeness (QED) is 0.437. The largest absolute Gasteiger partial charge is 0.0845 e. The lowest BCUT2D eigenvalue weighted by Crippen LogP contribution is -1.83. The lowest BCUT2D eigenvalue weighted by Gasteiger charge is -2.02. The van der Waals surface area contributed by atoms with Gasteiger partial charge in [-0.15, -0.1) is 0 Å². The summed E-state index contributed by atoms with van der Waals surface area (Å²) in [6.45, 7) is 0. The van der Waals surface area contributed by atoms with E-state index in [0.717, 1.165) is 6.42 Å². The molecule has 0 bridgehead atoms. The fraction of sp³-hybridized carbons (Fsp3) is 0.714. The van der Waals surface area contributed by atoms with Crippen molar-refractivity contribution in [3.63, 3.8) is 0 Å². The van der Waals surface area contributed by atoms with Crippen LogP contribution in [0.2, 0.25) is 0 Å². The molecule has 0 aromatic carbocycles. The SMILES string of the molecule is [C]1=C/C=C/C=C\CCCCCCCCCCCCCCC/1. The van der Waals surface area contributed by atoms with Crippen LogP contribution in [0.25, 0.3) is 0 Å². The molecule has 0 heterocycles. The summed E-state index contributed by atoms with van der Waals surface area (Å²) >= 11 is 0. The van der Waals surface area contributed by atoms with Crippen molar-refractivity contribution in [2.45, 2.75) is 96.3 Å². The summed E-state index contributed by atoms with van der Waals surface area (Å²) in [6.07, 6.45) is 35.0. The Bertz CT molecular complexity index is 254. The molecule has 0 heteroatoms. The van der Waals surface area contributed by atoms with Gasteiger partial charge in [0.05, 0.1) is 0 Å². The average Bonchev–Trinajstić information content (AvgIpc) is 2.50. The van der Waals surface area contributed by atoms with Gasteiger partial charge in [-0.2, -0.15) is 0 Å². The van der Waals surface area contributed by atoms with Crippen molar-refractivity contribution in [3.05, 3.63) is 36.5 Å². The molecule has 0 saturated heterocycles. The minimum atomic E-state index is 1.12. The van der Waals surface area contributed by atoms with Crippen molar-refractivity contribution in [1.82, 2.24) is 0 Å². The van der Waals surface area contributed by atoms with E-state index in [2.05, 4.69) is 36.5 Å². The summed E-state index contributed by atoms with van der Waals surface area (Å²) in [6, 6.07) is 0. The second-order valence-electron chi connectivity index (χ2n) is 6.32. The summed E-state index contributed by atoms with van der Waals surface area (Å²) in [5.74, 6) is 0. The molecule has 0 N–H and O–H groups in total. The van der Waals surface area contributed by atoms with Gasteiger partial charge in [0.1, 0.15) is 0 Å². The molecular formula is C21H35. The van der Waals surface area contributed by atoms with E-state index in [1.54, 1.807) is 0 Å². The van der Waals surface area contributed by atoms with Gasteiger partial charge in [0.15, 0.2) is 0 Å². The fourth-order valence-electron chi connectivity index (χ4n) is 2.88. The molecule has 1 aliphatic rings. The van der Waals surface area contributed by atoms with E-state index >= 15 is 0 Å². The maximum Gasteiger partial charge on any atom is -0.0276 e. The van der Waals surface area contributed by atoms with Crippen molar-refractivity contribution in [1.29, 1.82) is 0 Å². The first-order valence-corrected chi connectivity index (χ1v) is 9.38. The summed E-state index contributed by atoms with van der Waals surface area (Å²) < 4.78 is 0. The first-order valence-electron chi connectivity index (χ1n) is 9.38. The molecule has 0 amide bonds. The molecule has 0 aliphatic heterocycles. The van der Waals surface area contributed by atoms with Crippen LogP contribution in [-0.4, -0.2) is 0 Å². The molecule has 1 rings (SSSR count). The van der Waals surface area contributed by atoms with Gasteiger partial charge in [0, 0.05) is 0 Å². The third-order valence-electron chi connectivity index (χ3n) is 4.26. The van der Waals surface area contributed by atoms with Crippen LogP contribution >= 0.6 is 0 Å². The Labute approximate surface area is 133 Å². The molecule has 0 unspecified atom stereocenters. The van der Waals surface area contributed by atoms with E-state index in [1.807, 2.05) is 0 Å². The van der Waals surface area contributed by atoms with Crippen molar-refractivity contribution < 1.29 is 0 Å². The molecule has 0 aromatic rings.